The average Bonchev–Trinajstić information content (AvgIpc) is 2.77. The van der Waals surface area contributed by atoms with Crippen molar-refractivity contribution >= 4 is 17.9 Å². The summed E-state index contributed by atoms with van der Waals surface area (Å²) < 4.78 is 5.11. The lowest BCUT2D eigenvalue weighted by Gasteiger charge is -2.34. The molecule has 1 N–H and O–H groups in total. The van der Waals surface area contributed by atoms with E-state index in [4.69, 9.17) is 14.7 Å². The third-order valence-electron chi connectivity index (χ3n) is 4.96. The Labute approximate surface area is 173 Å². The zero-order valence-corrected chi connectivity index (χ0v) is 17.4. The van der Waals surface area contributed by atoms with Crippen molar-refractivity contribution in [2.24, 2.45) is 0 Å². The van der Waals surface area contributed by atoms with Crippen LogP contribution in [0.15, 0.2) is 36.4 Å². The third kappa shape index (κ3) is 5.82. The molecule has 1 aliphatic heterocycles. The van der Waals surface area contributed by atoms with Gasteiger partial charge in [-0.3, -0.25) is 0 Å². The molecule has 3 rings (SSSR count). The Kier molecular flexibility index (Phi) is 7.67. The number of amides is 1. The van der Waals surface area contributed by atoms with Gasteiger partial charge in [-0.25, -0.2) is 9.78 Å². The molecule has 0 saturated carbocycles. The van der Waals surface area contributed by atoms with E-state index in [2.05, 4.69) is 29.3 Å². The van der Waals surface area contributed by atoms with Crippen LogP contribution >= 0.6 is 0 Å². The molecule has 7 heteroatoms. The number of aromatic nitrogens is 2. The highest BCUT2D eigenvalue weighted by Gasteiger charge is 2.24. The molecule has 156 valence electrons. The number of nitrogens with zero attached hydrogens (tertiary/aromatic N) is 4. The second kappa shape index (κ2) is 10.6. The fourth-order valence-corrected chi connectivity index (χ4v) is 3.32. The van der Waals surface area contributed by atoms with Crippen LogP contribution in [0.5, 0.6) is 0 Å². The normalized spacial score (nSPS) is 14.0. The molecule has 0 bridgehead atoms. The first kappa shape index (κ1) is 20.9. The molecule has 29 heavy (non-hydrogen) atoms. The number of anilines is 2. The summed E-state index contributed by atoms with van der Waals surface area (Å²) in [4.78, 5) is 25.4. The molecule has 1 aliphatic rings. The van der Waals surface area contributed by atoms with Crippen molar-refractivity contribution in [3.63, 3.8) is 0 Å². The van der Waals surface area contributed by atoms with E-state index in [-0.39, 0.29) is 6.09 Å². The van der Waals surface area contributed by atoms with E-state index in [1.165, 1.54) is 12.8 Å². The minimum Gasteiger partial charge on any atom is -0.450 e. The van der Waals surface area contributed by atoms with Crippen molar-refractivity contribution in [2.75, 3.05) is 49.5 Å². The van der Waals surface area contributed by atoms with Crippen molar-refractivity contribution in [3.05, 3.63) is 36.4 Å². The summed E-state index contributed by atoms with van der Waals surface area (Å²) in [5, 5.41) is 3.45. The van der Waals surface area contributed by atoms with E-state index in [9.17, 15) is 4.79 Å². The van der Waals surface area contributed by atoms with E-state index >= 15 is 0 Å². The van der Waals surface area contributed by atoms with Gasteiger partial charge in [-0.05, 0) is 13.3 Å². The number of hydrogen-bond acceptors (Lipinski definition) is 6. The molecule has 2 aromatic rings. The molecule has 0 unspecified atom stereocenters. The van der Waals surface area contributed by atoms with Crippen LogP contribution < -0.4 is 10.2 Å². The Hall–Kier alpha value is -2.83. The summed E-state index contributed by atoms with van der Waals surface area (Å²) >= 11 is 0. The lowest BCUT2D eigenvalue weighted by molar-refractivity contribution is 0.105. The van der Waals surface area contributed by atoms with Gasteiger partial charge in [0.25, 0.3) is 0 Å². The maximum absolute atomic E-state index is 11.9. The van der Waals surface area contributed by atoms with E-state index in [1.54, 1.807) is 4.90 Å². The number of benzene rings is 1. The lowest BCUT2D eigenvalue weighted by atomic mass is 10.1. The second-order valence-corrected chi connectivity index (χ2v) is 7.11. The summed E-state index contributed by atoms with van der Waals surface area (Å²) in [7, 11) is 0. The average molecular weight is 398 g/mol. The monoisotopic (exact) mass is 397 g/mol. The van der Waals surface area contributed by atoms with Gasteiger partial charge < -0.3 is 19.9 Å². The topological polar surface area (TPSA) is 70.6 Å². The van der Waals surface area contributed by atoms with Crippen molar-refractivity contribution in [2.45, 2.75) is 33.1 Å². The van der Waals surface area contributed by atoms with Gasteiger partial charge in [0.05, 0.1) is 12.3 Å². The Bertz CT molecular complexity index is 776. The minimum absolute atomic E-state index is 0.246. The van der Waals surface area contributed by atoms with Crippen molar-refractivity contribution in [1.29, 1.82) is 0 Å². The van der Waals surface area contributed by atoms with Crippen LogP contribution in [0.25, 0.3) is 11.3 Å². The van der Waals surface area contributed by atoms with Gasteiger partial charge in [0.15, 0.2) is 0 Å². The molecular weight excluding hydrogens is 366 g/mol. The molecule has 1 saturated heterocycles. The van der Waals surface area contributed by atoms with Gasteiger partial charge in [0, 0.05) is 44.4 Å². The van der Waals surface area contributed by atoms with Crippen LogP contribution in [-0.4, -0.2) is 60.3 Å². The van der Waals surface area contributed by atoms with Crippen molar-refractivity contribution in [3.8, 4) is 11.3 Å². The van der Waals surface area contributed by atoms with Crippen molar-refractivity contribution in [1.82, 2.24) is 14.9 Å². The molecule has 1 amide bonds. The van der Waals surface area contributed by atoms with Crippen LogP contribution in [-0.2, 0) is 4.74 Å². The molecule has 0 aliphatic carbocycles. The number of nitrogens with one attached hydrogen (secondary N) is 1. The number of carbonyl (C=O) groups excluding carboxylic acids is 1. The van der Waals surface area contributed by atoms with E-state index in [0.29, 0.717) is 38.7 Å². The Morgan fingerprint density at radius 3 is 2.52 bits per heavy atom. The molecule has 1 aromatic heterocycles. The highest BCUT2D eigenvalue weighted by atomic mass is 16.6. The zero-order valence-electron chi connectivity index (χ0n) is 17.4. The first-order valence-corrected chi connectivity index (χ1v) is 10.6. The van der Waals surface area contributed by atoms with Crippen LogP contribution in [0.2, 0.25) is 0 Å². The van der Waals surface area contributed by atoms with E-state index in [0.717, 1.165) is 30.0 Å². The Morgan fingerprint density at radius 2 is 1.83 bits per heavy atom. The standard InChI is InChI=1S/C22H31N5O2/c1-3-5-9-12-23-20-17-19(18-10-7-6-8-11-18)24-21(25-20)26-13-15-27(16-14-26)22(28)29-4-2/h6-8,10-11,17H,3-5,9,12-16H2,1-2H3,(H,23,24,25). The SMILES string of the molecule is CCCCCNc1cc(-c2ccccc2)nc(N2CCN(C(=O)OCC)CC2)n1. The van der Waals surface area contributed by atoms with Gasteiger partial charge in [-0.1, -0.05) is 50.1 Å². The molecular formula is C22H31N5O2. The highest BCUT2D eigenvalue weighted by molar-refractivity contribution is 5.68. The molecule has 1 fully saturated rings. The first-order valence-electron chi connectivity index (χ1n) is 10.6. The quantitative estimate of drug-likeness (QED) is 0.679. The van der Waals surface area contributed by atoms with Crippen molar-refractivity contribution < 1.29 is 9.53 Å². The van der Waals surface area contributed by atoms with Gasteiger partial charge in [0.2, 0.25) is 5.95 Å². The number of rotatable bonds is 8. The number of hydrogen-bond donors (Lipinski definition) is 1. The number of piperazine rings is 1. The summed E-state index contributed by atoms with van der Waals surface area (Å²) in [5.41, 5.74) is 1.97. The maximum Gasteiger partial charge on any atom is 0.409 e. The highest BCUT2D eigenvalue weighted by Crippen LogP contribution is 2.23. The number of ether oxygens (including phenoxy) is 1. The Morgan fingerprint density at radius 1 is 1.07 bits per heavy atom. The fourth-order valence-electron chi connectivity index (χ4n) is 3.32. The zero-order chi connectivity index (χ0) is 20.5. The van der Waals surface area contributed by atoms with Crippen LogP contribution in [0.4, 0.5) is 16.6 Å². The summed E-state index contributed by atoms with van der Waals surface area (Å²) in [6.07, 6.45) is 3.27. The minimum atomic E-state index is -0.246. The fraction of sp³-hybridized carbons (Fsp3) is 0.500. The molecule has 2 heterocycles. The number of unbranched alkanes of at least 4 members (excludes halogenated alkanes) is 2. The van der Waals surface area contributed by atoms with Gasteiger partial charge in [-0.15, -0.1) is 0 Å². The third-order valence-corrected chi connectivity index (χ3v) is 4.96. The van der Waals surface area contributed by atoms with Gasteiger partial charge in [0.1, 0.15) is 5.82 Å². The van der Waals surface area contributed by atoms with Gasteiger partial charge in [-0.2, -0.15) is 4.98 Å². The maximum atomic E-state index is 11.9. The van der Waals surface area contributed by atoms with Crippen LogP contribution in [0.3, 0.4) is 0 Å². The summed E-state index contributed by atoms with van der Waals surface area (Å²) in [5.74, 6) is 1.55. The molecule has 0 atom stereocenters. The first-order chi connectivity index (χ1) is 14.2. The molecule has 7 nitrogen and oxygen atoms in total. The predicted molar refractivity (Wildman–Crippen MR) is 116 cm³/mol. The van der Waals surface area contributed by atoms with E-state index < -0.39 is 0 Å². The summed E-state index contributed by atoms with van der Waals surface area (Å²) in [6, 6.07) is 12.2. The summed E-state index contributed by atoms with van der Waals surface area (Å²) in [6.45, 7) is 7.91. The molecule has 0 spiro atoms. The van der Waals surface area contributed by atoms with Crippen LogP contribution in [0.1, 0.15) is 33.1 Å². The lowest BCUT2D eigenvalue weighted by Crippen LogP contribution is -2.49. The number of carbonyl (C=O) groups is 1. The van der Waals surface area contributed by atoms with Crippen LogP contribution in [0, 0.1) is 0 Å². The largest absolute Gasteiger partial charge is 0.450 e. The predicted octanol–water partition coefficient (Wildman–Crippen LogP) is 4.02. The van der Waals surface area contributed by atoms with E-state index in [1.807, 2.05) is 31.2 Å². The Balaban J connectivity index is 1.75. The van der Waals surface area contributed by atoms with Gasteiger partial charge >= 0.3 is 6.09 Å². The second-order valence-electron chi connectivity index (χ2n) is 7.11. The molecule has 1 aromatic carbocycles. The molecule has 0 radical (unpaired) electrons. The smallest absolute Gasteiger partial charge is 0.409 e.